The number of aliphatic hydroxyl groups excluding tert-OH is 1. The van der Waals surface area contributed by atoms with E-state index in [0.29, 0.717) is 32.0 Å². The summed E-state index contributed by atoms with van der Waals surface area (Å²) >= 11 is 0. The van der Waals surface area contributed by atoms with Crippen LogP contribution >= 0.6 is 0 Å². The van der Waals surface area contributed by atoms with E-state index in [4.69, 9.17) is 4.74 Å². The molecule has 2 aromatic carbocycles. The molecule has 3 amide bonds. The molecule has 0 spiro atoms. The SMILES string of the molecule is CC(C)[C@H](NC(=O)[C@@H](Cc1ccccc1)C[C@@H](O)[C@H](Cc1ccccc1)NC(=O)OC(C)(C)C)C(=O)N1CCC(N2CCCC2)CC1. The molecular formula is C38H56N4O5. The minimum atomic E-state index is -1.06. The fraction of sp³-hybridized carbons (Fsp3) is 0.605. The van der Waals surface area contributed by atoms with Gasteiger partial charge in [-0.15, -0.1) is 0 Å². The number of rotatable bonds is 13. The predicted molar refractivity (Wildman–Crippen MR) is 185 cm³/mol. The van der Waals surface area contributed by atoms with Crippen molar-refractivity contribution >= 4 is 17.9 Å². The van der Waals surface area contributed by atoms with Gasteiger partial charge in [-0.2, -0.15) is 0 Å². The van der Waals surface area contributed by atoms with Crippen molar-refractivity contribution in [3.8, 4) is 0 Å². The maximum absolute atomic E-state index is 14.1. The fourth-order valence-electron chi connectivity index (χ4n) is 6.79. The highest BCUT2D eigenvalue weighted by Crippen LogP contribution is 2.24. The van der Waals surface area contributed by atoms with Gasteiger partial charge in [0.1, 0.15) is 11.6 Å². The summed E-state index contributed by atoms with van der Waals surface area (Å²) in [6.07, 6.45) is 3.58. The second-order valence-corrected chi connectivity index (χ2v) is 14.7. The zero-order valence-electron chi connectivity index (χ0n) is 29.0. The molecule has 0 unspecified atom stereocenters. The Kier molecular flexibility index (Phi) is 13.3. The Morgan fingerprint density at radius 3 is 1.94 bits per heavy atom. The van der Waals surface area contributed by atoms with Gasteiger partial charge in [0, 0.05) is 25.0 Å². The standard InChI is InChI=1S/C38H56N4O5/c1-27(2)34(36(45)42-22-18-31(19-23-42)41-20-12-13-21-41)40-35(44)30(24-28-14-8-6-9-15-28)26-33(43)32(25-29-16-10-7-11-17-29)39-37(46)47-38(3,4)5/h6-11,14-17,27,30-34,43H,12-13,18-26H2,1-5H3,(H,39,46)(H,40,44)/t30-,32-,33+,34-/m0/s1. The maximum Gasteiger partial charge on any atom is 0.407 e. The Morgan fingerprint density at radius 1 is 0.851 bits per heavy atom. The number of likely N-dealkylation sites (tertiary alicyclic amines) is 2. The van der Waals surface area contributed by atoms with Crippen LogP contribution in [0.5, 0.6) is 0 Å². The van der Waals surface area contributed by atoms with Gasteiger partial charge in [0.2, 0.25) is 11.8 Å². The zero-order valence-corrected chi connectivity index (χ0v) is 29.0. The molecule has 2 aromatic rings. The Morgan fingerprint density at radius 2 is 1.40 bits per heavy atom. The van der Waals surface area contributed by atoms with Crippen molar-refractivity contribution < 1.29 is 24.2 Å². The Balaban J connectivity index is 1.48. The first-order chi connectivity index (χ1) is 22.4. The second-order valence-electron chi connectivity index (χ2n) is 14.7. The number of nitrogens with zero attached hydrogens (tertiary/aromatic N) is 2. The van der Waals surface area contributed by atoms with Gasteiger partial charge < -0.3 is 30.3 Å². The van der Waals surface area contributed by atoms with Crippen LogP contribution in [0, 0.1) is 11.8 Å². The van der Waals surface area contributed by atoms with Gasteiger partial charge in [0.25, 0.3) is 0 Å². The molecule has 3 N–H and O–H groups in total. The number of piperidine rings is 1. The summed E-state index contributed by atoms with van der Waals surface area (Å²) in [7, 11) is 0. The Labute approximate surface area is 281 Å². The van der Waals surface area contributed by atoms with Gasteiger partial charge in [-0.25, -0.2) is 4.79 Å². The highest BCUT2D eigenvalue weighted by atomic mass is 16.6. The van der Waals surface area contributed by atoms with Crippen LogP contribution in [0.15, 0.2) is 60.7 Å². The van der Waals surface area contributed by atoms with E-state index in [2.05, 4.69) is 15.5 Å². The van der Waals surface area contributed by atoms with Gasteiger partial charge in [-0.3, -0.25) is 9.59 Å². The first-order valence-electron chi connectivity index (χ1n) is 17.5. The molecule has 0 radical (unpaired) electrons. The molecule has 9 heteroatoms. The van der Waals surface area contributed by atoms with E-state index in [-0.39, 0.29) is 24.2 Å². The third kappa shape index (κ3) is 11.4. The second kappa shape index (κ2) is 17.1. The van der Waals surface area contributed by atoms with Gasteiger partial charge >= 0.3 is 6.09 Å². The van der Waals surface area contributed by atoms with Crippen molar-refractivity contribution in [3.05, 3.63) is 71.8 Å². The summed E-state index contributed by atoms with van der Waals surface area (Å²) in [5.41, 5.74) is 1.19. The molecule has 2 heterocycles. The average Bonchev–Trinajstić information content (AvgIpc) is 3.58. The number of nitrogens with one attached hydrogen (secondary N) is 2. The van der Waals surface area contributed by atoms with E-state index in [1.54, 1.807) is 20.8 Å². The van der Waals surface area contributed by atoms with Crippen molar-refractivity contribution in [2.45, 2.75) is 109 Å². The number of aliphatic hydroxyl groups is 1. The van der Waals surface area contributed by atoms with Gasteiger partial charge in [0.05, 0.1) is 12.1 Å². The lowest BCUT2D eigenvalue weighted by atomic mass is 9.88. The molecule has 47 heavy (non-hydrogen) atoms. The fourth-order valence-corrected chi connectivity index (χ4v) is 6.79. The average molecular weight is 649 g/mol. The van der Waals surface area contributed by atoms with Crippen LogP contribution in [0.2, 0.25) is 0 Å². The maximum atomic E-state index is 14.1. The monoisotopic (exact) mass is 648 g/mol. The van der Waals surface area contributed by atoms with Gasteiger partial charge in [-0.1, -0.05) is 74.5 Å². The number of hydrogen-bond acceptors (Lipinski definition) is 6. The summed E-state index contributed by atoms with van der Waals surface area (Å²) in [5, 5.41) is 17.6. The zero-order chi connectivity index (χ0) is 34.0. The van der Waals surface area contributed by atoms with E-state index >= 15 is 0 Å². The van der Waals surface area contributed by atoms with Crippen LogP contribution in [-0.2, 0) is 27.2 Å². The number of carbonyl (C=O) groups is 3. The highest BCUT2D eigenvalue weighted by Gasteiger charge is 2.36. The summed E-state index contributed by atoms with van der Waals surface area (Å²) < 4.78 is 5.52. The van der Waals surface area contributed by atoms with Gasteiger partial charge in [0.15, 0.2) is 0 Å². The topological polar surface area (TPSA) is 111 Å². The molecule has 2 aliphatic rings. The van der Waals surface area contributed by atoms with E-state index in [1.165, 1.54) is 12.8 Å². The van der Waals surface area contributed by atoms with E-state index in [9.17, 15) is 19.5 Å². The smallest absolute Gasteiger partial charge is 0.407 e. The summed E-state index contributed by atoms with van der Waals surface area (Å²) in [6, 6.07) is 18.5. The van der Waals surface area contributed by atoms with Crippen LogP contribution < -0.4 is 10.6 Å². The molecule has 2 fully saturated rings. The molecular weight excluding hydrogens is 592 g/mol. The lowest BCUT2D eigenvalue weighted by molar-refractivity contribution is -0.140. The number of ether oxygens (including phenoxy) is 1. The number of amides is 3. The Hall–Kier alpha value is -3.43. The summed E-state index contributed by atoms with van der Waals surface area (Å²) in [5.74, 6) is -1.06. The van der Waals surface area contributed by atoms with Crippen molar-refractivity contribution in [2.75, 3.05) is 26.2 Å². The Bertz CT molecular complexity index is 1270. The lowest BCUT2D eigenvalue weighted by Gasteiger charge is -2.39. The predicted octanol–water partition coefficient (Wildman–Crippen LogP) is 4.96. The molecule has 0 aliphatic carbocycles. The largest absolute Gasteiger partial charge is 0.444 e. The normalized spacial score (nSPS) is 18.7. The molecule has 258 valence electrons. The van der Waals surface area contributed by atoms with Crippen LogP contribution in [0.25, 0.3) is 0 Å². The minimum Gasteiger partial charge on any atom is -0.444 e. The first-order valence-corrected chi connectivity index (χ1v) is 17.5. The van der Waals surface area contributed by atoms with Crippen molar-refractivity contribution in [3.63, 3.8) is 0 Å². The summed E-state index contributed by atoms with van der Waals surface area (Å²) in [6.45, 7) is 13.0. The van der Waals surface area contributed by atoms with Crippen LogP contribution in [0.1, 0.15) is 77.8 Å². The molecule has 4 atom stereocenters. The first kappa shape index (κ1) is 36.4. The third-order valence-corrected chi connectivity index (χ3v) is 9.35. The molecule has 0 saturated carbocycles. The molecule has 2 saturated heterocycles. The molecule has 4 rings (SSSR count). The lowest BCUT2D eigenvalue weighted by Crippen LogP contribution is -2.56. The molecule has 0 bridgehead atoms. The van der Waals surface area contributed by atoms with Crippen LogP contribution in [-0.4, -0.2) is 88.8 Å². The highest BCUT2D eigenvalue weighted by molar-refractivity contribution is 5.89. The number of alkyl carbamates (subject to hydrolysis) is 1. The molecule has 2 aliphatic heterocycles. The minimum absolute atomic E-state index is 0.0409. The molecule has 0 aromatic heterocycles. The number of carbonyl (C=O) groups excluding carboxylic acids is 3. The van der Waals surface area contributed by atoms with E-state index < -0.39 is 35.8 Å². The van der Waals surface area contributed by atoms with Gasteiger partial charge in [-0.05, 0) is 95.9 Å². The van der Waals surface area contributed by atoms with Crippen molar-refractivity contribution in [1.82, 2.24) is 20.4 Å². The van der Waals surface area contributed by atoms with Crippen molar-refractivity contribution in [1.29, 1.82) is 0 Å². The van der Waals surface area contributed by atoms with Crippen LogP contribution in [0.3, 0.4) is 0 Å². The molecule has 9 nitrogen and oxygen atoms in total. The third-order valence-electron chi connectivity index (χ3n) is 9.35. The number of hydrogen-bond donors (Lipinski definition) is 3. The van der Waals surface area contributed by atoms with E-state index in [1.807, 2.05) is 79.4 Å². The quantitative estimate of drug-likeness (QED) is 0.283. The number of benzene rings is 2. The van der Waals surface area contributed by atoms with Crippen molar-refractivity contribution in [2.24, 2.45) is 11.8 Å². The van der Waals surface area contributed by atoms with E-state index in [0.717, 1.165) is 37.1 Å². The van der Waals surface area contributed by atoms with Crippen LogP contribution in [0.4, 0.5) is 4.79 Å². The summed E-state index contributed by atoms with van der Waals surface area (Å²) in [4.78, 5) is 45.3.